The molecule has 0 bridgehead atoms. The fourth-order valence-corrected chi connectivity index (χ4v) is 3.34. The first kappa shape index (κ1) is 15.5. The van der Waals surface area contributed by atoms with Crippen molar-refractivity contribution in [1.29, 1.82) is 0 Å². The van der Waals surface area contributed by atoms with Gasteiger partial charge in [0.25, 0.3) is 0 Å². The quantitative estimate of drug-likeness (QED) is 0.867. The molecule has 0 amide bonds. The van der Waals surface area contributed by atoms with E-state index in [-0.39, 0.29) is 11.0 Å². The zero-order valence-corrected chi connectivity index (χ0v) is 14.1. The Hall–Kier alpha value is -0.930. The van der Waals surface area contributed by atoms with Crippen LogP contribution < -0.4 is 5.32 Å². The van der Waals surface area contributed by atoms with Crippen LogP contribution in [0.2, 0.25) is 0 Å². The molecule has 1 aromatic heterocycles. The molecule has 0 aliphatic heterocycles. The molecular weight excluding hydrogens is 264 g/mol. The van der Waals surface area contributed by atoms with Gasteiger partial charge in [-0.25, -0.2) is 4.98 Å². The van der Waals surface area contributed by atoms with E-state index in [0.29, 0.717) is 0 Å². The summed E-state index contributed by atoms with van der Waals surface area (Å²) in [6.07, 6.45) is 2.21. The number of thiazole rings is 1. The Balaban J connectivity index is 2.12. The normalized spacial score (nSPS) is 15.4. The van der Waals surface area contributed by atoms with Crippen LogP contribution in [0.15, 0.2) is 24.3 Å². The van der Waals surface area contributed by atoms with Crippen molar-refractivity contribution in [2.75, 3.05) is 6.54 Å². The summed E-state index contributed by atoms with van der Waals surface area (Å²) in [5, 5.41) is 4.90. The third-order valence-corrected chi connectivity index (χ3v) is 4.85. The fourth-order valence-electron chi connectivity index (χ4n) is 2.15. The molecule has 2 nitrogen and oxygen atoms in total. The lowest BCUT2D eigenvalue weighted by Crippen LogP contribution is -2.43. The van der Waals surface area contributed by atoms with E-state index in [1.807, 2.05) is 11.3 Å². The number of para-hydroxylation sites is 1. The topological polar surface area (TPSA) is 24.9 Å². The SMILES string of the molecule is CCC(C)(CNC(C)(C)C)Cc1nc2ccccc2s1. The minimum atomic E-state index is 0.171. The summed E-state index contributed by atoms with van der Waals surface area (Å²) in [4.78, 5) is 4.78. The number of nitrogens with one attached hydrogen (secondary N) is 1. The highest BCUT2D eigenvalue weighted by Crippen LogP contribution is 2.30. The number of rotatable bonds is 5. The van der Waals surface area contributed by atoms with Crippen molar-refractivity contribution < 1.29 is 0 Å². The summed E-state index contributed by atoms with van der Waals surface area (Å²) in [7, 11) is 0. The Morgan fingerprint density at radius 3 is 2.45 bits per heavy atom. The van der Waals surface area contributed by atoms with Gasteiger partial charge in [0, 0.05) is 18.5 Å². The number of hydrogen-bond donors (Lipinski definition) is 1. The molecule has 0 aliphatic carbocycles. The third-order valence-electron chi connectivity index (χ3n) is 3.82. The van der Waals surface area contributed by atoms with Gasteiger partial charge < -0.3 is 5.32 Å². The molecule has 0 saturated heterocycles. The second-order valence-electron chi connectivity index (χ2n) is 7.02. The average Bonchev–Trinajstić information content (AvgIpc) is 2.77. The van der Waals surface area contributed by atoms with E-state index >= 15 is 0 Å². The van der Waals surface area contributed by atoms with Crippen LogP contribution in [0, 0.1) is 5.41 Å². The van der Waals surface area contributed by atoms with E-state index < -0.39 is 0 Å². The molecule has 1 aromatic carbocycles. The molecule has 1 heterocycles. The van der Waals surface area contributed by atoms with Crippen LogP contribution in [0.3, 0.4) is 0 Å². The van der Waals surface area contributed by atoms with Gasteiger partial charge in [-0.3, -0.25) is 0 Å². The predicted octanol–water partition coefficient (Wildman–Crippen LogP) is 4.64. The maximum absolute atomic E-state index is 4.78. The second-order valence-corrected chi connectivity index (χ2v) is 8.14. The van der Waals surface area contributed by atoms with Crippen molar-refractivity contribution in [2.24, 2.45) is 5.41 Å². The Morgan fingerprint density at radius 1 is 1.15 bits per heavy atom. The summed E-state index contributed by atoms with van der Waals surface area (Å²) in [6.45, 7) is 12.3. The van der Waals surface area contributed by atoms with Gasteiger partial charge in [0.1, 0.15) is 0 Å². The van der Waals surface area contributed by atoms with Crippen LogP contribution in [0.25, 0.3) is 10.2 Å². The zero-order chi connectivity index (χ0) is 14.8. The van der Waals surface area contributed by atoms with Gasteiger partial charge >= 0.3 is 0 Å². The Morgan fingerprint density at radius 2 is 1.85 bits per heavy atom. The monoisotopic (exact) mass is 290 g/mol. The molecule has 3 heteroatoms. The summed E-state index contributed by atoms with van der Waals surface area (Å²) < 4.78 is 1.30. The standard InChI is InChI=1S/C17H26N2S/c1-6-17(5,12-18-16(2,3)4)11-15-19-13-9-7-8-10-14(13)20-15/h7-10,18H,6,11-12H2,1-5H3. The van der Waals surface area contributed by atoms with Crippen LogP contribution in [-0.2, 0) is 6.42 Å². The molecule has 0 saturated carbocycles. The number of aromatic nitrogens is 1. The summed E-state index contributed by atoms with van der Waals surface area (Å²) in [5.41, 5.74) is 1.57. The molecule has 2 rings (SSSR count). The first-order chi connectivity index (χ1) is 9.31. The Labute approximate surface area is 126 Å². The van der Waals surface area contributed by atoms with Crippen LogP contribution in [0.4, 0.5) is 0 Å². The molecule has 2 aromatic rings. The van der Waals surface area contributed by atoms with Gasteiger partial charge in [-0.1, -0.05) is 26.0 Å². The number of hydrogen-bond acceptors (Lipinski definition) is 3. The molecule has 1 N–H and O–H groups in total. The summed E-state index contributed by atoms with van der Waals surface area (Å²) >= 11 is 1.83. The maximum Gasteiger partial charge on any atom is 0.0944 e. The lowest BCUT2D eigenvalue weighted by Gasteiger charge is -2.32. The van der Waals surface area contributed by atoms with Gasteiger partial charge in [-0.2, -0.15) is 0 Å². The van der Waals surface area contributed by atoms with E-state index in [0.717, 1.165) is 24.9 Å². The maximum atomic E-state index is 4.78. The minimum Gasteiger partial charge on any atom is -0.312 e. The Kier molecular flexibility index (Phi) is 4.50. The van der Waals surface area contributed by atoms with E-state index in [9.17, 15) is 0 Å². The van der Waals surface area contributed by atoms with E-state index in [1.54, 1.807) is 0 Å². The van der Waals surface area contributed by atoms with Crippen LogP contribution >= 0.6 is 11.3 Å². The van der Waals surface area contributed by atoms with Crippen LogP contribution in [-0.4, -0.2) is 17.1 Å². The lowest BCUT2D eigenvalue weighted by molar-refractivity contribution is 0.255. The van der Waals surface area contributed by atoms with Gasteiger partial charge in [0.2, 0.25) is 0 Å². The lowest BCUT2D eigenvalue weighted by atomic mass is 9.83. The van der Waals surface area contributed by atoms with Crippen LogP contribution in [0.1, 0.15) is 46.0 Å². The Bertz CT molecular complexity index is 535. The average molecular weight is 290 g/mol. The smallest absolute Gasteiger partial charge is 0.0944 e. The van der Waals surface area contributed by atoms with Crippen molar-refractivity contribution in [3.05, 3.63) is 29.3 Å². The summed E-state index contributed by atoms with van der Waals surface area (Å²) in [5.74, 6) is 0. The van der Waals surface area contributed by atoms with Crippen molar-refractivity contribution in [3.63, 3.8) is 0 Å². The molecule has 20 heavy (non-hydrogen) atoms. The number of nitrogens with zero attached hydrogens (tertiary/aromatic N) is 1. The van der Waals surface area contributed by atoms with E-state index in [2.05, 4.69) is 64.2 Å². The fraction of sp³-hybridized carbons (Fsp3) is 0.588. The van der Waals surface area contributed by atoms with Gasteiger partial charge in [-0.05, 0) is 44.7 Å². The molecule has 1 unspecified atom stereocenters. The third kappa shape index (κ3) is 4.03. The number of benzene rings is 1. The molecule has 0 aliphatic rings. The molecule has 1 atom stereocenters. The molecule has 0 spiro atoms. The van der Waals surface area contributed by atoms with Crippen molar-refractivity contribution >= 4 is 21.6 Å². The van der Waals surface area contributed by atoms with E-state index in [1.165, 1.54) is 9.71 Å². The molecule has 110 valence electrons. The van der Waals surface area contributed by atoms with E-state index in [4.69, 9.17) is 4.98 Å². The molecular formula is C17H26N2S. The second kappa shape index (κ2) is 5.82. The van der Waals surface area contributed by atoms with Crippen LogP contribution in [0.5, 0.6) is 0 Å². The highest BCUT2D eigenvalue weighted by molar-refractivity contribution is 7.18. The minimum absolute atomic E-state index is 0.171. The van der Waals surface area contributed by atoms with Gasteiger partial charge in [0.15, 0.2) is 0 Å². The highest BCUT2D eigenvalue weighted by Gasteiger charge is 2.26. The first-order valence-electron chi connectivity index (χ1n) is 7.41. The van der Waals surface area contributed by atoms with Crippen molar-refractivity contribution in [1.82, 2.24) is 10.3 Å². The largest absolute Gasteiger partial charge is 0.312 e. The van der Waals surface area contributed by atoms with Gasteiger partial charge in [-0.15, -0.1) is 11.3 Å². The van der Waals surface area contributed by atoms with Crippen molar-refractivity contribution in [3.8, 4) is 0 Å². The highest BCUT2D eigenvalue weighted by atomic mass is 32.1. The zero-order valence-electron chi connectivity index (χ0n) is 13.3. The predicted molar refractivity (Wildman–Crippen MR) is 89.5 cm³/mol. The van der Waals surface area contributed by atoms with Gasteiger partial charge in [0.05, 0.1) is 15.2 Å². The summed E-state index contributed by atoms with van der Waals surface area (Å²) in [6, 6.07) is 8.41. The van der Waals surface area contributed by atoms with Crippen molar-refractivity contribution in [2.45, 2.75) is 53.0 Å². The first-order valence-corrected chi connectivity index (χ1v) is 8.22. The molecule has 0 radical (unpaired) electrons. The number of fused-ring (bicyclic) bond motifs is 1. The molecule has 0 fully saturated rings.